The van der Waals surface area contributed by atoms with Crippen molar-refractivity contribution < 1.29 is 9.50 Å². The van der Waals surface area contributed by atoms with Crippen LogP contribution < -0.4 is 4.90 Å². The van der Waals surface area contributed by atoms with E-state index < -0.39 is 0 Å². The standard InChI is InChI=1S/C30H38N3O2/c1-20(2)16-17-32-26-14-12-21(3)18-23(26)30(6,7)28(32)11-9-10-27-29(4,5)24-19-22(33(34)35)13-15-25(24)31(27)8/h9-15,18-20H,16-17H2,1-8H3/q+1. The van der Waals surface area contributed by atoms with Crippen LogP contribution in [0, 0.1) is 23.0 Å². The first-order chi connectivity index (χ1) is 16.4. The second kappa shape index (κ2) is 8.78. The van der Waals surface area contributed by atoms with Crippen molar-refractivity contribution in [2.45, 2.75) is 65.7 Å². The molecule has 2 aliphatic rings. The number of nitro groups is 1. The molecule has 0 saturated heterocycles. The molecule has 2 aromatic carbocycles. The van der Waals surface area contributed by atoms with E-state index in [-0.39, 0.29) is 21.4 Å². The summed E-state index contributed by atoms with van der Waals surface area (Å²) < 4.78 is 2.16. The molecule has 0 unspecified atom stereocenters. The van der Waals surface area contributed by atoms with Crippen molar-refractivity contribution in [1.82, 2.24) is 0 Å². The first kappa shape index (κ1) is 24.9. The van der Waals surface area contributed by atoms with E-state index in [4.69, 9.17) is 0 Å². The van der Waals surface area contributed by atoms with Gasteiger partial charge in [-0.05, 0) is 50.8 Å². The van der Waals surface area contributed by atoms with Crippen molar-refractivity contribution in [3.63, 3.8) is 0 Å². The summed E-state index contributed by atoms with van der Waals surface area (Å²) in [6.45, 7) is 16.6. The predicted octanol–water partition coefficient (Wildman–Crippen LogP) is 7.19. The van der Waals surface area contributed by atoms with Crippen molar-refractivity contribution in [3.8, 4) is 0 Å². The van der Waals surface area contributed by atoms with Gasteiger partial charge in [-0.1, -0.05) is 51.5 Å². The number of nitrogens with zero attached hydrogens (tertiary/aromatic N) is 3. The third-order valence-electron chi connectivity index (χ3n) is 7.71. The van der Waals surface area contributed by atoms with Crippen LogP contribution in [0.15, 0.2) is 60.3 Å². The summed E-state index contributed by atoms with van der Waals surface area (Å²) in [5, 5.41) is 11.4. The molecule has 0 aromatic heterocycles. The lowest BCUT2D eigenvalue weighted by atomic mass is 9.81. The van der Waals surface area contributed by atoms with Crippen molar-refractivity contribution in [2.75, 3.05) is 18.5 Å². The van der Waals surface area contributed by atoms with Gasteiger partial charge in [-0.25, -0.2) is 0 Å². The van der Waals surface area contributed by atoms with Gasteiger partial charge >= 0.3 is 0 Å². The number of non-ortho nitro benzene ring substituents is 1. The molecule has 184 valence electrons. The smallest absolute Gasteiger partial charge is 0.270 e. The van der Waals surface area contributed by atoms with Crippen LogP contribution in [0.2, 0.25) is 0 Å². The molecule has 0 bridgehead atoms. The predicted molar refractivity (Wildman–Crippen MR) is 145 cm³/mol. The van der Waals surface area contributed by atoms with E-state index in [0.717, 1.165) is 29.9 Å². The highest BCUT2D eigenvalue weighted by molar-refractivity contribution is 6.03. The van der Waals surface area contributed by atoms with E-state index >= 15 is 0 Å². The summed E-state index contributed by atoms with van der Waals surface area (Å²) in [6, 6.07) is 12.0. The van der Waals surface area contributed by atoms with Gasteiger partial charge in [0.15, 0.2) is 5.71 Å². The van der Waals surface area contributed by atoms with Gasteiger partial charge in [0.05, 0.1) is 10.3 Å². The van der Waals surface area contributed by atoms with Crippen LogP contribution in [0.5, 0.6) is 0 Å². The van der Waals surface area contributed by atoms with Gasteiger partial charge in [0.2, 0.25) is 5.69 Å². The Labute approximate surface area is 209 Å². The average molecular weight is 473 g/mol. The van der Waals surface area contributed by atoms with Crippen LogP contribution in [0.4, 0.5) is 17.1 Å². The first-order valence-corrected chi connectivity index (χ1v) is 12.5. The van der Waals surface area contributed by atoms with E-state index in [1.807, 2.05) is 13.1 Å². The van der Waals surface area contributed by atoms with E-state index in [9.17, 15) is 10.1 Å². The van der Waals surface area contributed by atoms with Crippen LogP contribution in [0.1, 0.15) is 64.7 Å². The first-order valence-electron chi connectivity index (χ1n) is 12.5. The van der Waals surface area contributed by atoms with E-state index in [2.05, 4.69) is 94.4 Å². The second-order valence-corrected chi connectivity index (χ2v) is 11.4. The van der Waals surface area contributed by atoms with Gasteiger partial charge < -0.3 is 4.90 Å². The lowest BCUT2D eigenvalue weighted by molar-refractivity contribution is -0.402. The lowest BCUT2D eigenvalue weighted by Gasteiger charge is -2.27. The minimum atomic E-state index is -0.326. The Morgan fingerprint density at radius 1 is 1.06 bits per heavy atom. The van der Waals surface area contributed by atoms with Gasteiger partial charge in [0.25, 0.3) is 5.69 Å². The van der Waals surface area contributed by atoms with Crippen LogP contribution in [-0.2, 0) is 10.8 Å². The Kier molecular flexibility index (Phi) is 6.25. The third-order valence-corrected chi connectivity index (χ3v) is 7.71. The van der Waals surface area contributed by atoms with Gasteiger partial charge in [-0.15, -0.1) is 0 Å². The minimum absolute atomic E-state index is 0.0893. The molecule has 2 aromatic rings. The molecule has 0 spiro atoms. The molecule has 4 rings (SSSR count). The minimum Gasteiger partial charge on any atom is -0.344 e. The summed E-state index contributed by atoms with van der Waals surface area (Å²) in [5.41, 5.74) is 8.15. The molecule has 0 atom stereocenters. The van der Waals surface area contributed by atoms with Crippen LogP contribution >= 0.6 is 0 Å². The molecule has 0 radical (unpaired) electrons. The van der Waals surface area contributed by atoms with Gasteiger partial charge in [0.1, 0.15) is 7.05 Å². The molecule has 0 saturated carbocycles. The zero-order valence-electron chi connectivity index (χ0n) is 22.3. The van der Waals surface area contributed by atoms with Crippen LogP contribution in [0.25, 0.3) is 0 Å². The molecule has 2 heterocycles. The van der Waals surface area contributed by atoms with Gasteiger partial charge in [-0.2, -0.15) is 4.58 Å². The Morgan fingerprint density at radius 3 is 2.43 bits per heavy atom. The fraction of sp³-hybridized carbons (Fsp3) is 0.433. The quantitative estimate of drug-likeness (QED) is 0.254. The summed E-state index contributed by atoms with van der Waals surface area (Å²) in [7, 11) is 2.04. The molecule has 2 aliphatic heterocycles. The Morgan fingerprint density at radius 2 is 1.77 bits per heavy atom. The molecule has 35 heavy (non-hydrogen) atoms. The number of benzene rings is 2. The van der Waals surface area contributed by atoms with Crippen LogP contribution in [0.3, 0.4) is 0 Å². The Hall–Kier alpha value is -3.21. The number of hydrogen-bond donors (Lipinski definition) is 0. The largest absolute Gasteiger partial charge is 0.344 e. The molecule has 0 fully saturated rings. The molecule has 0 amide bonds. The SMILES string of the molecule is Cc1ccc2c(c1)C(C)(C)C(=CC=CC1=[N+](C)c3ccc([N+](=O)[O-])cc3C1(C)C)N2CCC(C)C. The summed E-state index contributed by atoms with van der Waals surface area (Å²) in [5.74, 6) is 0.635. The highest BCUT2D eigenvalue weighted by atomic mass is 16.6. The number of aryl methyl sites for hydroxylation is 1. The van der Waals surface area contributed by atoms with E-state index in [1.54, 1.807) is 12.1 Å². The number of allylic oxidation sites excluding steroid dienone is 4. The summed E-state index contributed by atoms with van der Waals surface area (Å²) in [6.07, 6.45) is 7.72. The number of hydrogen-bond acceptors (Lipinski definition) is 3. The average Bonchev–Trinajstić information content (AvgIpc) is 3.11. The molecule has 5 heteroatoms. The highest BCUT2D eigenvalue weighted by Crippen LogP contribution is 2.48. The fourth-order valence-corrected chi connectivity index (χ4v) is 5.59. The number of fused-ring (bicyclic) bond motifs is 2. The van der Waals surface area contributed by atoms with E-state index in [0.29, 0.717) is 5.92 Å². The van der Waals surface area contributed by atoms with Crippen molar-refractivity contribution in [1.29, 1.82) is 0 Å². The molecular weight excluding hydrogens is 434 g/mol. The van der Waals surface area contributed by atoms with E-state index in [1.165, 1.54) is 22.5 Å². The summed E-state index contributed by atoms with van der Waals surface area (Å²) >= 11 is 0. The monoisotopic (exact) mass is 472 g/mol. The van der Waals surface area contributed by atoms with Crippen LogP contribution in [-0.4, -0.2) is 28.8 Å². The van der Waals surface area contributed by atoms with Gasteiger partial charge in [0, 0.05) is 53.2 Å². The maximum atomic E-state index is 11.4. The highest BCUT2D eigenvalue weighted by Gasteiger charge is 2.44. The maximum absolute atomic E-state index is 11.4. The molecule has 0 aliphatic carbocycles. The molecular formula is C30H38N3O2+. The molecule has 0 N–H and O–H groups in total. The van der Waals surface area contributed by atoms with Crippen molar-refractivity contribution in [3.05, 3.63) is 87.1 Å². The lowest BCUT2D eigenvalue weighted by Crippen LogP contribution is -2.28. The topological polar surface area (TPSA) is 49.4 Å². The van der Waals surface area contributed by atoms with Crippen molar-refractivity contribution >= 4 is 22.8 Å². The number of rotatable bonds is 6. The number of nitro benzene ring substituents is 1. The maximum Gasteiger partial charge on any atom is 0.270 e. The zero-order valence-corrected chi connectivity index (χ0v) is 22.3. The normalized spacial score (nSPS) is 19.2. The second-order valence-electron chi connectivity index (χ2n) is 11.4. The Bertz CT molecular complexity index is 1280. The van der Waals surface area contributed by atoms with Gasteiger partial charge in [-0.3, -0.25) is 10.1 Å². The molecule has 5 nitrogen and oxygen atoms in total. The zero-order chi connectivity index (χ0) is 25.7. The number of anilines is 1. The van der Waals surface area contributed by atoms with Crippen molar-refractivity contribution in [2.24, 2.45) is 5.92 Å². The fourth-order valence-electron chi connectivity index (χ4n) is 5.59. The Balaban J connectivity index is 1.72. The summed E-state index contributed by atoms with van der Waals surface area (Å²) in [4.78, 5) is 13.5. The third kappa shape index (κ3) is 4.22.